The number of hydrogen-bond acceptors (Lipinski definition) is 4. The maximum atomic E-state index is 10.8. The maximum absolute atomic E-state index is 10.8. The number of hydrogen-bond donors (Lipinski definition) is 3. The molecule has 0 aromatic heterocycles. The van der Waals surface area contributed by atoms with Crippen molar-refractivity contribution in [2.24, 2.45) is 5.73 Å². The summed E-state index contributed by atoms with van der Waals surface area (Å²) in [6.07, 6.45) is 3.68. The Morgan fingerprint density at radius 3 is 2.64 bits per heavy atom. The summed E-state index contributed by atoms with van der Waals surface area (Å²) in [4.78, 5) is 10.8. The van der Waals surface area contributed by atoms with Gasteiger partial charge in [-0.25, -0.2) is 4.79 Å². The van der Waals surface area contributed by atoms with Crippen LogP contribution >= 0.6 is 0 Å². The fourth-order valence-corrected chi connectivity index (χ4v) is 1.00. The molecule has 0 aliphatic rings. The van der Waals surface area contributed by atoms with Crippen LogP contribution in [0.1, 0.15) is 25.7 Å². The van der Waals surface area contributed by atoms with Crippen LogP contribution in [0.25, 0.3) is 0 Å². The van der Waals surface area contributed by atoms with Crippen LogP contribution in [0.3, 0.4) is 0 Å². The van der Waals surface area contributed by atoms with Crippen molar-refractivity contribution >= 4 is 6.09 Å². The van der Waals surface area contributed by atoms with Crippen LogP contribution in [0, 0.1) is 0 Å². The maximum Gasteiger partial charge on any atom is 0.407 e. The van der Waals surface area contributed by atoms with Crippen LogP contribution in [-0.4, -0.2) is 37.5 Å². The van der Waals surface area contributed by atoms with Gasteiger partial charge in [0, 0.05) is 6.54 Å². The summed E-state index contributed by atoms with van der Waals surface area (Å²) in [5.74, 6) is 0. The van der Waals surface area contributed by atoms with Crippen molar-refractivity contribution in [2.45, 2.75) is 25.7 Å². The van der Waals surface area contributed by atoms with Crippen LogP contribution in [0.4, 0.5) is 4.79 Å². The van der Waals surface area contributed by atoms with E-state index in [0.717, 1.165) is 32.2 Å². The summed E-state index contributed by atoms with van der Waals surface area (Å²) in [5.41, 5.74) is 5.33. The van der Waals surface area contributed by atoms with Gasteiger partial charge in [-0.1, -0.05) is 12.8 Å². The Balaban J connectivity index is 3.07. The number of aliphatic hydroxyl groups is 1. The SMILES string of the molecule is NCCCCCCNC(=O)OCCO. The molecule has 4 N–H and O–H groups in total. The van der Waals surface area contributed by atoms with E-state index in [4.69, 9.17) is 10.8 Å². The summed E-state index contributed by atoms with van der Waals surface area (Å²) >= 11 is 0. The lowest BCUT2D eigenvalue weighted by molar-refractivity contribution is 0.119. The van der Waals surface area contributed by atoms with Gasteiger partial charge < -0.3 is 20.9 Å². The molecule has 0 radical (unpaired) electrons. The normalized spacial score (nSPS) is 9.86. The number of ether oxygens (including phenoxy) is 1. The van der Waals surface area contributed by atoms with Gasteiger partial charge in [-0.3, -0.25) is 0 Å². The molecule has 5 heteroatoms. The third-order valence-electron chi connectivity index (χ3n) is 1.72. The smallest absolute Gasteiger partial charge is 0.407 e. The molecule has 0 aromatic rings. The summed E-state index contributed by atoms with van der Waals surface area (Å²) in [7, 11) is 0. The Morgan fingerprint density at radius 1 is 1.29 bits per heavy atom. The molecule has 5 nitrogen and oxygen atoms in total. The van der Waals surface area contributed by atoms with Gasteiger partial charge in [0.1, 0.15) is 6.61 Å². The molecule has 0 unspecified atom stereocenters. The molecular weight excluding hydrogens is 184 g/mol. The predicted octanol–water partition coefficient (Wildman–Crippen LogP) is 0.224. The topological polar surface area (TPSA) is 84.6 Å². The average Bonchev–Trinajstić information content (AvgIpc) is 2.20. The van der Waals surface area contributed by atoms with Crippen molar-refractivity contribution < 1.29 is 14.6 Å². The largest absolute Gasteiger partial charge is 0.447 e. The van der Waals surface area contributed by atoms with Gasteiger partial charge in [0.05, 0.1) is 6.61 Å². The second kappa shape index (κ2) is 10.3. The van der Waals surface area contributed by atoms with E-state index in [2.05, 4.69) is 10.1 Å². The molecule has 0 aliphatic carbocycles. The summed E-state index contributed by atoms with van der Waals surface area (Å²) < 4.78 is 4.60. The second-order valence-electron chi connectivity index (χ2n) is 2.99. The third-order valence-corrected chi connectivity index (χ3v) is 1.72. The minimum atomic E-state index is -0.460. The number of carbonyl (C=O) groups excluding carboxylic acids is 1. The van der Waals surface area contributed by atoms with Crippen molar-refractivity contribution in [3.05, 3.63) is 0 Å². The van der Waals surface area contributed by atoms with E-state index in [1.807, 2.05) is 0 Å². The van der Waals surface area contributed by atoms with Gasteiger partial charge in [0.25, 0.3) is 0 Å². The number of unbranched alkanes of at least 4 members (excludes halogenated alkanes) is 3. The summed E-state index contributed by atoms with van der Waals surface area (Å²) in [5, 5.41) is 11.0. The van der Waals surface area contributed by atoms with Gasteiger partial charge in [0.2, 0.25) is 0 Å². The highest BCUT2D eigenvalue weighted by Gasteiger charge is 1.98. The highest BCUT2D eigenvalue weighted by atomic mass is 16.6. The molecule has 0 heterocycles. The molecule has 0 saturated carbocycles. The van der Waals surface area contributed by atoms with Gasteiger partial charge >= 0.3 is 6.09 Å². The number of alkyl carbamates (subject to hydrolysis) is 1. The number of rotatable bonds is 8. The first kappa shape index (κ1) is 13.2. The van der Waals surface area contributed by atoms with E-state index in [-0.39, 0.29) is 13.2 Å². The number of aliphatic hydroxyl groups excluding tert-OH is 1. The van der Waals surface area contributed by atoms with E-state index in [1.54, 1.807) is 0 Å². The van der Waals surface area contributed by atoms with Crippen LogP contribution in [-0.2, 0) is 4.74 Å². The zero-order valence-electron chi connectivity index (χ0n) is 8.50. The second-order valence-corrected chi connectivity index (χ2v) is 2.99. The van der Waals surface area contributed by atoms with Crippen LogP contribution < -0.4 is 11.1 Å². The van der Waals surface area contributed by atoms with E-state index in [1.165, 1.54) is 0 Å². The molecule has 0 spiro atoms. The Hall–Kier alpha value is -0.810. The van der Waals surface area contributed by atoms with Gasteiger partial charge in [-0.15, -0.1) is 0 Å². The summed E-state index contributed by atoms with van der Waals surface area (Å²) in [6, 6.07) is 0. The fourth-order valence-electron chi connectivity index (χ4n) is 1.00. The van der Waals surface area contributed by atoms with Crippen LogP contribution in [0.5, 0.6) is 0 Å². The lowest BCUT2D eigenvalue weighted by Crippen LogP contribution is -2.26. The fraction of sp³-hybridized carbons (Fsp3) is 0.889. The molecule has 0 atom stereocenters. The van der Waals surface area contributed by atoms with Crippen molar-refractivity contribution in [1.82, 2.24) is 5.32 Å². The lowest BCUT2D eigenvalue weighted by atomic mass is 10.2. The monoisotopic (exact) mass is 204 g/mol. The highest BCUT2D eigenvalue weighted by Crippen LogP contribution is 1.96. The first-order valence-corrected chi connectivity index (χ1v) is 5.02. The Labute approximate surface area is 84.6 Å². The molecular formula is C9H20N2O3. The standard InChI is InChI=1S/C9H20N2O3/c10-5-3-1-2-4-6-11-9(13)14-8-7-12/h12H,1-8,10H2,(H,11,13). The molecule has 0 aromatic carbocycles. The third kappa shape index (κ3) is 9.28. The molecule has 14 heavy (non-hydrogen) atoms. The van der Waals surface area contributed by atoms with Gasteiger partial charge in [-0.2, -0.15) is 0 Å². The Kier molecular flexibility index (Phi) is 9.68. The molecule has 84 valence electrons. The molecule has 0 bridgehead atoms. The van der Waals surface area contributed by atoms with Gasteiger partial charge in [-0.05, 0) is 19.4 Å². The lowest BCUT2D eigenvalue weighted by Gasteiger charge is -2.05. The van der Waals surface area contributed by atoms with Crippen molar-refractivity contribution in [1.29, 1.82) is 0 Å². The summed E-state index contributed by atoms with van der Waals surface area (Å²) in [6.45, 7) is 1.27. The Morgan fingerprint density at radius 2 is 2.00 bits per heavy atom. The van der Waals surface area contributed by atoms with E-state index >= 15 is 0 Å². The van der Waals surface area contributed by atoms with Crippen LogP contribution in [0.15, 0.2) is 0 Å². The predicted molar refractivity (Wildman–Crippen MR) is 54.0 cm³/mol. The van der Waals surface area contributed by atoms with E-state index in [0.29, 0.717) is 6.54 Å². The van der Waals surface area contributed by atoms with E-state index < -0.39 is 6.09 Å². The number of nitrogens with two attached hydrogens (primary N) is 1. The van der Waals surface area contributed by atoms with Crippen molar-refractivity contribution in [2.75, 3.05) is 26.3 Å². The zero-order valence-corrected chi connectivity index (χ0v) is 8.50. The zero-order chi connectivity index (χ0) is 10.6. The molecule has 0 rings (SSSR count). The molecule has 0 saturated heterocycles. The highest BCUT2D eigenvalue weighted by molar-refractivity contribution is 5.66. The number of nitrogens with one attached hydrogen (secondary N) is 1. The Bertz CT molecular complexity index is 142. The average molecular weight is 204 g/mol. The van der Waals surface area contributed by atoms with Crippen molar-refractivity contribution in [3.8, 4) is 0 Å². The molecule has 1 amide bonds. The molecule has 0 fully saturated rings. The van der Waals surface area contributed by atoms with E-state index in [9.17, 15) is 4.79 Å². The minimum absolute atomic E-state index is 0.0546. The number of carbonyl (C=O) groups is 1. The molecule has 0 aliphatic heterocycles. The first-order valence-electron chi connectivity index (χ1n) is 5.02. The quantitative estimate of drug-likeness (QED) is 0.494. The van der Waals surface area contributed by atoms with Crippen LogP contribution in [0.2, 0.25) is 0 Å². The minimum Gasteiger partial charge on any atom is -0.447 e. The van der Waals surface area contributed by atoms with Gasteiger partial charge in [0.15, 0.2) is 0 Å². The van der Waals surface area contributed by atoms with Crippen molar-refractivity contribution in [3.63, 3.8) is 0 Å². The number of amides is 1. The first-order chi connectivity index (χ1) is 6.81.